The summed E-state index contributed by atoms with van der Waals surface area (Å²) in [6.45, 7) is 7.50. The van der Waals surface area contributed by atoms with Crippen molar-refractivity contribution in [3.63, 3.8) is 0 Å². The highest BCUT2D eigenvalue weighted by Crippen LogP contribution is 2.28. The lowest BCUT2D eigenvalue weighted by Crippen LogP contribution is -1.85. The molecule has 0 saturated heterocycles. The molecule has 0 aliphatic rings. The van der Waals surface area contributed by atoms with E-state index in [4.69, 9.17) is 0 Å². The van der Waals surface area contributed by atoms with Gasteiger partial charge in [-0.05, 0) is 27.0 Å². The molecule has 0 saturated carbocycles. The number of thiophene rings is 1. The molecule has 1 aromatic heterocycles. The van der Waals surface area contributed by atoms with E-state index < -0.39 is 4.92 Å². The van der Waals surface area contributed by atoms with Crippen molar-refractivity contribution >= 4 is 16.3 Å². The zero-order valence-corrected chi connectivity index (χ0v) is 11.1. The van der Waals surface area contributed by atoms with Gasteiger partial charge in [0.1, 0.15) is 5.56 Å². The van der Waals surface area contributed by atoms with E-state index in [2.05, 4.69) is 17.6 Å². The molecule has 0 atom stereocenters. The Bertz CT molecular complexity index is 375. The molecule has 0 unspecified atom stereocenters. The minimum atomic E-state index is -0.392. The van der Waals surface area contributed by atoms with Crippen LogP contribution in [0.4, 0.5) is 5.00 Å². The molecule has 4 nitrogen and oxygen atoms in total. The summed E-state index contributed by atoms with van der Waals surface area (Å²) in [5.74, 6) is 5.34. The average Bonchev–Trinajstić information content (AvgIpc) is 2.66. The van der Waals surface area contributed by atoms with Crippen LogP contribution < -0.4 is 5.73 Å². The largest absolute Gasteiger partial charge is 0.339 e. The van der Waals surface area contributed by atoms with Crippen LogP contribution in [0.1, 0.15) is 31.2 Å². The topological polar surface area (TPSA) is 69.2 Å². The molecule has 1 heterocycles. The van der Waals surface area contributed by atoms with Crippen LogP contribution in [0.3, 0.4) is 0 Å². The molecule has 1 rings (SSSR count). The molecule has 2 N–H and O–H groups in total. The molecular weight excluding hydrogens is 224 g/mol. The van der Waals surface area contributed by atoms with E-state index in [1.54, 1.807) is 13.0 Å². The Hall–Kier alpha value is -1.38. The first-order valence-corrected chi connectivity index (χ1v) is 5.72. The van der Waals surface area contributed by atoms with Crippen LogP contribution in [0.2, 0.25) is 0 Å². The van der Waals surface area contributed by atoms with Crippen molar-refractivity contribution in [3.05, 3.63) is 26.6 Å². The summed E-state index contributed by atoms with van der Waals surface area (Å²) < 4.78 is 0. The smallest absolute Gasteiger partial charge is 0.333 e. The number of nitro groups is 1. The zero-order chi connectivity index (χ0) is 13.1. The van der Waals surface area contributed by atoms with Gasteiger partial charge in [-0.15, -0.1) is 5.92 Å². The number of rotatable bonds is 1. The minimum absolute atomic E-state index is 0.141. The number of hydrogen-bond donors (Lipinski definition) is 1. The molecule has 90 valence electrons. The molecule has 5 heteroatoms. The lowest BCUT2D eigenvalue weighted by molar-refractivity contribution is -0.380. The minimum Gasteiger partial charge on any atom is -0.333 e. The van der Waals surface area contributed by atoms with Gasteiger partial charge in [0.25, 0.3) is 0 Å². The van der Waals surface area contributed by atoms with Gasteiger partial charge in [0.15, 0.2) is 0 Å². The van der Waals surface area contributed by atoms with Crippen molar-refractivity contribution in [2.45, 2.75) is 27.7 Å². The number of aryl methyl sites for hydroxylation is 1. The third-order valence-corrected chi connectivity index (χ3v) is 2.26. The first kappa shape index (κ1) is 17.0. The molecule has 0 radical (unpaired) electrons. The molecule has 0 fully saturated rings. The molecule has 0 amide bonds. The molecule has 0 bridgehead atoms. The fourth-order valence-corrected chi connectivity index (χ4v) is 1.64. The fraction of sp³-hybridized carbons (Fsp3) is 0.455. The fourth-order valence-electron chi connectivity index (χ4n) is 0.862. The van der Waals surface area contributed by atoms with Crippen molar-refractivity contribution < 1.29 is 4.92 Å². The highest BCUT2D eigenvalue weighted by Gasteiger charge is 2.15. The average molecular weight is 242 g/mol. The van der Waals surface area contributed by atoms with Gasteiger partial charge in [-0.25, -0.2) is 0 Å². The Kier molecular flexibility index (Phi) is 10.8. The summed E-state index contributed by atoms with van der Waals surface area (Å²) in [6, 6.07) is 1.74. The third kappa shape index (κ3) is 5.49. The highest BCUT2D eigenvalue weighted by molar-refractivity contribution is 7.15. The Morgan fingerprint density at radius 2 is 1.94 bits per heavy atom. The monoisotopic (exact) mass is 242 g/mol. The Labute approximate surface area is 101 Å². The van der Waals surface area contributed by atoms with Crippen LogP contribution in [0.15, 0.2) is 6.07 Å². The molecule has 0 aromatic carbocycles. The summed E-state index contributed by atoms with van der Waals surface area (Å²) in [4.78, 5) is 11.0. The van der Waals surface area contributed by atoms with Crippen molar-refractivity contribution in [2.24, 2.45) is 5.73 Å². The lowest BCUT2D eigenvalue weighted by atomic mass is 10.3. The molecule has 16 heavy (non-hydrogen) atoms. The quantitative estimate of drug-likeness (QED) is 0.467. The summed E-state index contributed by atoms with van der Waals surface area (Å²) >= 11 is 1.16. The molecule has 0 aliphatic carbocycles. The first-order chi connectivity index (χ1) is 7.65. The summed E-state index contributed by atoms with van der Waals surface area (Å²) in [5, 5.41) is 10.6. The van der Waals surface area contributed by atoms with Gasteiger partial charge in [-0.1, -0.05) is 31.1 Å². The van der Waals surface area contributed by atoms with Crippen LogP contribution in [0.5, 0.6) is 0 Å². The first-order valence-electron chi connectivity index (χ1n) is 4.90. The molecule has 1 aromatic rings. The normalized spacial score (nSPS) is 7.38. The van der Waals surface area contributed by atoms with Gasteiger partial charge in [0.2, 0.25) is 0 Å². The lowest BCUT2D eigenvalue weighted by Gasteiger charge is -1.83. The van der Waals surface area contributed by atoms with Gasteiger partial charge >= 0.3 is 5.00 Å². The Morgan fingerprint density at radius 1 is 1.44 bits per heavy atom. The number of nitrogens with zero attached hydrogens (tertiary/aromatic N) is 1. The molecular formula is C11H18N2O2S. The van der Waals surface area contributed by atoms with Gasteiger partial charge < -0.3 is 5.73 Å². The summed E-state index contributed by atoms with van der Waals surface area (Å²) in [6.07, 6.45) is 0. The van der Waals surface area contributed by atoms with E-state index >= 15 is 0 Å². The van der Waals surface area contributed by atoms with E-state index in [9.17, 15) is 10.1 Å². The van der Waals surface area contributed by atoms with Crippen molar-refractivity contribution in [2.75, 3.05) is 7.05 Å². The molecule has 0 aliphatic heterocycles. The van der Waals surface area contributed by atoms with Gasteiger partial charge in [-0.2, -0.15) is 0 Å². The van der Waals surface area contributed by atoms with Crippen LogP contribution in [0, 0.1) is 28.9 Å². The second kappa shape index (κ2) is 10.1. The van der Waals surface area contributed by atoms with Gasteiger partial charge in [-0.3, -0.25) is 10.1 Å². The maximum atomic E-state index is 10.5. The Morgan fingerprint density at radius 3 is 2.31 bits per heavy atom. The maximum Gasteiger partial charge on any atom is 0.339 e. The zero-order valence-electron chi connectivity index (χ0n) is 10.3. The van der Waals surface area contributed by atoms with Gasteiger partial charge in [0, 0.05) is 4.88 Å². The standard InChI is InChI=1S/C8H7NO2S.C2H6.CH5N/c1-3-4-7-5-6(2)12-8(7)9(10)11;2*1-2/h5H,1-2H3;1-2H3;2H2,1H3. The van der Waals surface area contributed by atoms with Crippen LogP contribution in [-0.2, 0) is 0 Å². The summed E-state index contributed by atoms with van der Waals surface area (Å²) in [7, 11) is 1.50. The third-order valence-electron chi connectivity index (χ3n) is 1.26. The predicted molar refractivity (Wildman–Crippen MR) is 69.7 cm³/mol. The predicted octanol–water partition coefficient (Wildman–Crippen LogP) is 2.94. The SMILES string of the molecule is CC.CC#Cc1cc(C)sc1[N+](=O)[O-].CN. The van der Waals surface area contributed by atoms with E-state index in [-0.39, 0.29) is 5.00 Å². The van der Waals surface area contributed by atoms with Crippen LogP contribution >= 0.6 is 11.3 Å². The van der Waals surface area contributed by atoms with Crippen molar-refractivity contribution in [1.29, 1.82) is 0 Å². The van der Waals surface area contributed by atoms with E-state index in [0.29, 0.717) is 5.56 Å². The number of hydrogen-bond acceptors (Lipinski definition) is 4. The second-order valence-electron chi connectivity index (χ2n) is 2.21. The second-order valence-corrected chi connectivity index (χ2v) is 3.44. The van der Waals surface area contributed by atoms with Crippen molar-refractivity contribution in [3.8, 4) is 11.8 Å². The maximum absolute atomic E-state index is 10.5. The van der Waals surface area contributed by atoms with Gasteiger partial charge in [0.05, 0.1) is 4.92 Å². The summed E-state index contributed by atoms with van der Waals surface area (Å²) in [5.41, 5.74) is 5.02. The molecule has 0 spiro atoms. The van der Waals surface area contributed by atoms with E-state index in [1.165, 1.54) is 7.05 Å². The number of nitrogens with two attached hydrogens (primary N) is 1. The van der Waals surface area contributed by atoms with Crippen LogP contribution in [-0.4, -0.2) is 12.0 Å². The van der Waals surface area contributed by atoms with Crippen molar-refractivity contribution in [1.82, 2.24) is 0 Å². The van der Waals surface area contributed by atoms with Crippen LogP contribution in [0.25, 0.3) is 0 Å². The highest BCUT2D eigenvalue weighted by atomic mass is 32.1. The van der Waals surface area contributed by atoms with E-state index in [1.807, 2.05) is 20.8 Å². The van der Waals surface area contributed by atoms with E-state index in [0.717, 1.165) is 16.2 Å². The Balaban J connectivity index is 0.